The van der Waals surface area contributed by atoms with Crippen molar-refractivity contribution in [3.05, 3.63) is 29.5 Å². The van der Waals surface area contributed by atoms with Crippen molar-refractivity contribution in [2.24, 2.45) is 0 Å². The van der Waals surface area contributed by atoms with Crippen molar-refractivity contribution < 1.29 is 14.6 Å². The number of rotatable bonds is 3. The first kappa shape index (κ1) is 13.2. The van der Waals surface area contributed by atoms with Gasteiger partial charge in [0.2, 0.25) is 5.88 Å². The summed E-state index contributed by atoms with van der Waals surface area (Å²) in [6, 6.07) is 3.69. The van der Waals surface area contributed by atoms with Gasteiger partial charge in [-0.2, -0.15) is 0 Å². The van der Waals surface area contributed by atoms with Gasteiger partial charge in [-0.05, 0) is 18.2 Å². The molecule has 1 rings (SSSR count). The van der Waals surface area contributed by atoms with Crippen LogP contribution >= 0.6 is 0 Å². The van der Waals surface area contributed by atoms with Crippen LogP contribution in [0.15, 0.2) is 18.2 Å². The van der Waals surface area contributed by atoms with Gasteiger partial charge in [-0.15, -0.1) is 0 Å². The van der Waals surface area contributed by atoms with Crippen LogP contribution in [0.1, 0.15) is 32.0 Å². The molecule has 0 fully saturated rings. The van der Waals surface area contributed by atoms with Crippen LogP contribution in [0.5, 0.6) is 5.88 Å². The Balaban J connectivity index is 3.14. The highest BCUT2D eigenvalue weighted by molar-refractivity contribution is 5.85. The molecule has 0 aromatic carbocycles. The predicted octanol–water partition coefficient (Wildman–Crippen LogP) is 2.49. The van der Waals surface area contributed by atoms with Gasteiger partial charge in [0.1, 0.15) is 0 Å². The lowest BCUT2D eigenvalue weighted by Crippen LogP contribution is -2.14. The van der Waals surface area contributed by atoms with Crippen LogP contribution in [0.3, 0.4) is 0 Å². The summed E-state index contributed by atoms with van der Waals surface area (Å²) in [6.45, 7) is 6.17. The van der Waals surface area contributed by atoms with E-state index in [0.717, 1.165) is 11.8 Å². The van der Waals surface area contributed by atoms with E-state index in [1.165, 1.54) is 13.2 Å². The molecule has 4 nitrogen and oxygen atoms in total. The molecule has 0 unspecified atom stereocenters. The van der Waals surface area contributed by atoms with E-state index in [2.05, 4.69) is 25.8 Å². The van der Waals surface area contributed by atoms with Gasteiger partial charge >= 0.3 is 5.97 Å². The van der Waals surface area contributed by atoms with Crippen LogP contribution in [-0.4, -0.2) is 23.2 Å². The maximum atomic E-state index is 10.5. The summed E-state index contributed by atoms with van der Waals surface area (Å²) in [5, 5.41) is 8.57. The number of carbonyl (C=O) groups is 1. The SMILES string of the molecule is COc1nc(C(C)(C)C)ccc1C=CC(=O)O. The third-order valence-corrected chi connectivity index (χ3v) is 2.26. The first-order chi connectivity index (χ1) is 7.84. The summed E-state index contributed by atoms with van der Waals surface area (Å²) >= 11 is 0. The molecule has 1 N–H and O–H groups in total. The number of hydrogen-bond donors (Lipinski definition) is 1. The third kappa shape index (κ3) is 3.59. The smallest absolute Gasteiger partial charge is 0.328 e. The number of hydrogen-bond acceptors (Lipinski definition) is 3. The van der Waals surface area contributed by atoms with Gasteiger partial charge in [-0.3, -0.25) is 0 Å². The van der Waals surface area contributed by atoms with E-state index in [1.54, 1.807) is 0 Å². The molecule has 0 aliphatic rings. The highest BCUT2D eigenvalue weighted by atomic mass is 16.5. The number of ether oxygens (including phenoxy) is 1. The molecule has 0 spiro atoms. The second-order valence-corrected chi connectivity index (χ2v) is 4.72. The van der Waals surface area contributed by atoms with E-state index >= 15 is 0 Å². The first-order valence-corrected chi connectivity index (χ1v) is 5.31. The minimum absolute atomic E-state index is 0.0671. The molecule has 1 heterocycles. The van der Waals surface area contributed by atoms with Gasteiger partial charge in [0.25, 0.3) is 0 Å². The number of carboxylic acids is 1. The molecule has 1 aromatic rings. The molecule has 0 aliphatic heterocycles. The summed E-state index contributed by atoms with van der Waals surface area (Å²) in [5.74, 6) is -0.554. The van der Waals surface area contributed by atoms with Crippen molar-refractivity contribution in [3.8, 4) is 5.88 Å². The van der Waals surface area contributed by atoms with Crippen molar-refractivity contribution in [1.82, 2.24) is 4.98 Å². The maximum absolute atomic E-state index is 10.5. The monoisotopic (exact) mass is 235 g/mol. The van der Waals surface area contributed by atoms with Gasteiger partial charge in [0.05, 0.1) is 7.11 Å². The van der Waals surface area contributed by atoms with Crippen LogP contribution < -0.4 is 4.74 Å². The van der Waals surface area contributed by atoms with Crippen LogP contribution in [0.2, 0.25) is 0 Å². The second kappa shape index (κ2) is 4.99. The Labute approximate surface area is 101 Å². The number of methoxy groups -OCH3 is 1. The fraction of sp³-hybridized carbons (Fsp3) is 0.385. The molecular formula is C13H17NO3. The lowest BCUT2D eigenvalue weighted by Gasteiger charge is -2.18. The van der Waals surface area contributed by atoms with Gasteiger partial charge in [-0.1, -0.05) is 20.8 Å². The van der Waals surface area contributed by atoms with E-state index in [9.17, 15) is 4.79 Å². The van der Waals surface area contributed by atoms with Crippen LogP contribution in [-0.2, 0) is 10.2 Å². The maximum Gasteiger partial charge on any atom is 0.328 e. The number of pyridine rings is 1. The molecule has 0 aliphatic carbocycles. The lowest BCUT2D eigenvalue weighted by molar-refractivity contribution is -0.131. The van der Waals surface area contributed by atoms with E-state index in [1.807, 2.05) is 12.1 Å². The molecule has 4 heteroatoms. The summed E-state index contributed by atoms with van der Waals surface area (Å²) in [4.78, 5) is 14.8. The van der Waals surface area contributed by atoms with Crippen molar-refractivity contribution in [2.75, 3.05) is 7.11 Å². The van der Waals surface area contributed by atoms with E-state index in [0.29, 0.717) is 11.4 Å². The molecule has 0 radical (unpaired) electrons. The minimum Gasteiger partial charge on any atom is -0.481 e. The zero-order valence-corrected chi connectivity index (χ0v) is 10.5. The number of aromatic nitrogens is 1. The van der Waals surface area contributed by atoms with E-state index in [4.69, 9.17) is 9.84 Å². The first-order valence-electron chi connectivity index (χ1n) is 5.31. The average Bonchev–Trinajstić information content (AvgIpc) is 2.24. The van der Waals surface area contributed by atoms with Gasteiger partial charge in [0, 0.05) is 22.7 Å². The van der Waals surface area contributed by atoms with Gasteiger partial charge in [-0.25, -0.2) is 9.78 Å². The Hall–Kier alpha value is -1.84. The lowest BCUT2D eigenvalue weighted by atomic mass is 9.91. The molecule has 0 saturated heterocycles. The average molecular weight is 235 g/mol. The number of nitrogens with zero attached hydrogens (tertiary/aromatic N) is 1. The quantitative estimate of drug-likeness (QED) is 0.818. The second-order valence-electron chi connectivity index (χ2n) is 4.72. The third-order valence-electron chi connectivity index (χ3n) is 2.26. The normalized spacial score (nSPS) is 11.8. The standard InChI is InChI=1S/C13H17NO3/c1-13(2,3)10-7-5-9(6-8-11(15)16)12(14-10)17-4/h5-8H,1-4H3,(H,15,16). The highest BCUT2D eigenvalue weighted by Gasteiger charge is 2.17. The molecule has 1 aromatic heterocycles. The van der Waals surface area contributed by atoms with Crippen molar-refractivity contribution in [3.63, 3.8) is 0 Å². The summed E-state index contributed by atoms with van der Waals surface area (Å²) in [7, 11) is 1.52. The highest BCUT2D eigenvalue weighted by Crippen LogP contribution is 2.25. The number of aliphatic carboxylic acids is 1. The van der Waals surface area contributed by atoms with Crippen LogP contribution in [0.4, 0.5) is 0 Å². The summed E-state index contributed by atoms with van der Waals surface area (Å²) in [6.07, 6.45) is 2.54. The zero-order valence-electron chi connectivity index (χ0n) is 10.5. The molecular weight excluding hydrogens is 218 g/mol. The van der Waals surface area contributed by atoms with Gasteiger partial charge in [0.15, 0.2) is 0 Å². The molecule has 0 saturated carbocycles. The summed E-state index contributed by atoms with van der Waals surface area (Å²) in [5.41, 5.74) is 1.49. The van der Waals surface area contributed by atoms with Crippen molar-refractivity contribution in [1.29, 1.82) is 0 Å². The topological polar surface area (TPSA) is 59.4 Å². The Morgan fingerprint density at radius 2 is 2.06 bits per heavy atom. The number of carboxylic acid groups (broad SMARTS) is 1. The summed E-state index contributed by atoms with van der Waals surface area (Å²) < 4.78 is 5.16. The Morgan fingerprint density at radius 3 is 2.53 bits per heavy atom. The van der Waals surface area contributed by atoms with Crippen molar-refractivity contribution in [2.45, 2.75) is 26.2 Å². The van der Waals surface area contributed by atoms with Gasteiger partial charge < -0.3 is 9.84 Å². The molecule has 17 heavy (non-hydrogen) atoms. The Bertz CT molecular complexity index is 444. The van der Waals surface area contributed by atoms with Crippen molar-refractivity contribution >= 4 is 12.0 Å². The minimum atomic E-state index is -0.994. The molecule has 0 bridgehead atoms. The van der Waals surface area contributed by atoms with E-state index in [-0.39, 0.29) is 5.41 Å². The molecule has 0 atom stereocenters. The predicted molar refractivity (Wildman–Crippen MR) is 66.2 cm³/mol. The fourth-order valence-corrected chi connectivity index (χ4v) is 1.32. The van der Waals surface area contributed by atoms with Crippen LogP contribution in [0, 0.1) is 0 Å². The van der Waals surface area contributed by atoms with E-state index < -0.39 is 5.97 Å². The molecule has 0 amide bonds. The zero-order chi connectivity index (χ0) is 13.1. The fourth-order valence-electron chi connectivity index (χ4n) is 1.32. The van der Waals surface area contributed by atoms with Crippen LogP contribution in [0.25, 0.3) is 6.08 Å². The largest absolute Gasteiger partial charge is 0.481 e. The Morgan fingerprint density at radius 1 is 1.41 bits per heavy atom. The Kier molecular flexibility index (Phi) is 3.89. The molecule has 92 valence electrons.